The van der Waals surface area contributed by atoms with Crippen LogP contribution in [-0.2, 0) is 10.0 Å². The van der Waals surface area contributed by atoms with Crippen molar-refractivity contribution in [3.05, 3.63) is 34.7 Å². The summed E-state index contributed by atoms with van der Waals surface area (Å²) in [5.74, 6) is 0.407. The predicted molar refractivity (Wildman–Crippen MR) is 77.5 cm³/mol. The van der Waals surface area contributed by atoms with Gasteiger partial charge >= 0.3 is 0 Å². The summed E-state index contributed by atoms with van der Waals surface area (Å²) < 4.78 is 32.2. The van der Waals surface area contributed by atoms with Gasteiger partial charge in [0.25, 0.3) is 10.0 Å². The number of sulfonamides is 1. The molecule has 2 aromatic rings. The van der Waals surface area contributed by atoms with E-state index in [4.69, 9.17) is 22.1 Å². The summed E-state index contributed by atoms with van der Waals surface area (Å²) >= 11 is 6.71. The first-order valence-corrected chi connectivity index (χ1v) is 7.82. The van der Waals surface area contributed by atoms with E-state index in [0.29, 0.717) is 21.5 Å². The number of nitrogen functional groups attached to an aromatic ring is 1. The number of benzene rings is 1. The van der Waals surface area contributed by atoms with E-state index < -0.39 is 10.0 Å². The van der Waals surface area contributed by atoms with E-state index in [1.165, 1.54) is 25.3 Å². The number of anilines is 2. The Morgan fingerprint density at radius 1 is 1.32 bits per heavy atom. The summed E-state index contributed by atoms with van der Waals surface area (Å²) in [6.07, 6.45) is 0. The zero-order chi connectivity index (χ0) is 14.0. The van der Waals surface area contributed by atoms with Crippen LogP contribution < -0.4 is 15.2 Å². The lowest BCUT2D eigenvalue weighted by Gasteiger charge is -2.09. The molecule has 3 N–H and O–H groups in total. The van der Waals surface area contributed by atoms with Gasteiger partial charge in [-0.05, 0) is 24.3 Å². The summed E-state index contributed by atoms with van der Waals surface area (Å²) in [5.41, 5.74) is 6.47. The molecule has 0 saturated carbocycles. The van der Waals surface area contributed by atoms with E-state index in [1.807, 2.05) is 0 Å². The van der Waals surface area contributed by atoms with E-state index in [-0.39, 0.29) is 4.21 Å². The summed E-state index contributed by atoms with van der Waals surface area (Å²) in [6.45, 7) is 0. The third kappa shape index (κ3) is 3.12. The molecule has 102 valence electrons. The molecule has 0 spiro atoms. The fourth-order valence-corrected chi connectivity index (χ4v) is 3.95. The van der Waals surface area contributed by atoms with Gasteiger partial charge < -0.3 is 10.5 Å². The topological polar surface area (TPSA) is 81.4 Å². The monoisotopic (exact) mass is 318 g/mol. The molecule has 5 nitrogen and oxygen atoms in total. The lowest BCUT2D eigenvalue weighted by atomic mass is 10.3. The highest BCUT2D eigenvalue weighted by Gasteiger charge is 2.17. The fourth-order valence-electron chi connectivity index (χ4n) is 1.42. The predicted octanol–water partition coefficient (Wildman–Crippen LogP) is 2.79. The molecule has 1 aromatic heterocycles. The zero-order valence-corrected chi connectivity index (χ0v) is 12.3. The Morgan fingerprint density at radius 2 is 2.05 bits per heavy atom. The van der Waals surface area contributed by atoms with E-state index in [1.54, 1.807) is 12.1 Å². The molecule has 0 unspecified atom stereocenters. The Hall–Kier alpha value is -1.44. The van der Waals surface area contributed by atoms with Gasteiger partial charge in [-0.1, -0.05) is 11.6 Å². The molecule has 0 saturated heterocycles. The maximum absolute atomic E-state index is 12.1. The highest BCUT2D eigenvalue weighted by molar-refractivity contribution is 7.94. The first kappa shape index (κ1) is 14.0. The molecule has 0 radical (unpaired) electrons. The van der Waals surface area contributed by atoms with Crippen molar-refractivity contribution < 1.29 is 13.2 Å². The summed E-state index contributed by atoms with van der Waals surface area (Å²) in [4.78, 5) is 0. The molecule has 0 fully saturated rings. The standard InChI is InChI=1S/C11H11ClN2O3S2/c1-17-9-6-7(2-3-8(9)13)14-19(15,16)11-5-4-10(12)18-11/h2-6,14H,13H2,1H3. The van der Waals surface area contributed by atoms with E-state index in [9.17, 15) is 8.42 Å². The quantitative estimate of drug-likeness (QED) is 0.849. The molecule has 2 rings (SSSR count). The molecule has 0 atom stereocenters. The van der Waals surface area contributed by atoms with E-state index >= 15 is 0 Å². The molecule has 0 aliphatic rings. The van der Waals surface area contributed by atoms with Gasteiger partial charge in [0.15, 0.2) is 0 Å². The minimum absolute atomic E-state index is 0.147. The maximum atomic E-state index is 12.1. The number of rotatable bonds is 4. The number of nitrogens with one attached hydrogen (secondary N) is 1. The largest absolute Gasteiger partial charge is 0.495 e. The van der Waals surface area contributed by atoms with Gasteiger partial charge in [-0.15, -0.1) is 11.3 Å². The SMILES string of the molecule is COc1cc(NS(=O)(=O)c2ccc(Cl)s2)ccc1N. The molecule has 0 aliphatic heterocycles. The van der Waals surface area contributed by atoms with Crippen molar-refractivity contribution in [2.45, 2.75) is 4.21 Å². The van der Waals surface area contributed by atoms with Gasteiger partial charge in [0.05, 0.1) is 22.8 Å². The maximum Gasteiger partial charge on any atom is 0.271 e. The number of hydrogen-bond donors (Lipinski definition) is 2. The molecule has 8 heteroatoms. The lowest BCUT2D eigenvalue weighted by Crippen LogP contribution is -2.11. The molecule has 0 bridgehead atoms. The molecule has 19 heavy (non-hydrogen) atoms. The number of nitrogens with two attached hydrogens (primary N) is 1. The molecular weight excluding hydrogens is 308 g/mol. The van der Waals surface area contributed by atoms with E-state index in [0.717, 1.165) is 11.3 Å². The Kier molecular flexibility index (Phi) is 3.88. The van der Waals surface area contributed by atoms with Crippen molar-refractivity contribution in [1.82, 2.24) is 0 Å². The summed E-state index contributed by atoms with van der Waals surface area (Å²) in [5, 5.41) is 0. The second-order valence-electron chi connectivity index (χ2n) is 3.62. The Bertz CT molecular complexity index is 698. The van der Waals surface area contributed by atoms with Crippen LogP contribution in [0.5, 0.6) is 5.75 Å². The average molecular weight is 319 g/mol. The lowest BCUT2D eigenvalue weighted by molar-refractivity contribution is 0.417. The first-order valence-electron chi connectivity index (χ1n) is 5.14. The van der Waals surface area contributed by atoms with Crippen LogP contribution in [0.4, 0.5) is 11.4 Å². The highest BCUT2D eigenvalue weighted by Crippen LogP contribution is 2.29. The summed E-state index contributed by atoms with van der Waals surface area (Å²) in [6, 6.07) is 7.62. The van der Waals surface area contributed by atoms with Crippen molar-refractivity contribution >= 4 is 44.3 Å². The normalized spacial score (nSPS) is 11.3. The first-order chi connectivity index (χ1) is 8.92. The third-order valence-corrected chi connectivity index (χ3v) is 5.40. The second kappa shape index (κ2) is 5.28. The van der Waals surface area contributed by atoms with Gasteiger partial charge in [-0.2, -0.15) is 0 Å². The summed E-state index contributed by atoms with van der Waals surface area (Å²) in [7, 11) is -2.18. The highest BCUT2D eigenvalue weighted by atomic mass is 35.5. The molecule has 0 aliphatic carbocycles. The van der Waals surface area contributed by atoms with Crippen LogP contribution in [0.2, 0.25) is 4.34 Å². The number of halogens is 1. The number of thiophene rings is 1. The molecule has 1 aromatic carbocycles. The van der Waals surface area contributed by atoms with Crippen LogP contribution in [0.25, 0.3) is 0 Å². The van der Waals surface area contributed by atoms with Crippen molar-refractivity contribution in [2.75, 3.05) is 17.6 Å². The molecule has 1 heterocycles. The Morgan fingerprint density at radius 3 is 2.63 bits per heavy atom. The van der Waals surface area contributed by atoms with Gasteiger partial charge in [-0.3, -0.25) is 4.72 Å². The van der Waals surface area contributed by atoms with Crippen LogP contribution in [0.3, 0.4) is 0 Å². The minimum atomic E-state index is -3.64. The zero-order valence-electron chi connectivity index (χ0n) is 9.88. The Balaban J connectivity index is 2.30. The van der Waals surface area contributed by atoms with Crippen LogP contribution >= 0.6 is 22.9 Å². The number of ether oxygens (including phenoxy) is 1. The van der Waals surface area contributed by atoms with Crippen molar-refractivity contribution in [2.24, 2.45) is 0 Å². The van der Waals surface area contributed by atoms with Crippen molar-refractivity contribution in [1.29, 1.82) is 0 Å². The van der Waals surface area contributed by atoms with Crippen LogP contribution in [0.1, 0.15) is 0 Å². The third-order valence-electron chi connectivity index (χ3n) is 2.30. The smallest absolute Gasteiger partial charge is 0.271 e. The van der Waals surface area contributed by atoms with Gasteiger partial charge in [0, 0.05) is 6.07 Å². The van der Waals surface area contributed by atoms with Crippen LogP contribution in [-0.4, -0.2) is 15.5 Å². The van der Waals surface area contributed by atoms with Crippen LogP contribution in [0.15, 0.2) is 34.5 Å². The van der Waals surface area contributed by atoms with E-state index in [2.05, 4.69) is 4.72 Å². The molecule has 0 amide bonds. The number of methoxy groups -OCH3 is 1. The van der Waals surface area contributed by atoms with Gasteiger partial charge in [-0.25, -0.2) is 8.42 Å². The van der Waals surface area contributed by atoms with Crippen molar-refractivity contribution in [3.63, 3.8) is 0 Å². The van der Waals surface area contributed by atoms with Crippen molar-refractivity contribution in [3.8, 4) is 5.75 Å². The molecular formula is C11H11ClN2O3S2. The number of hydrogen-bond acceptors (Lipinski definition) is 5. The van der Waals surface area contributed by atoms with Gasteiger partial charge in [0.2, 0.25) is 0 Å². The Labute approximate surface area is 120 Å². The van der Waals surface area contributed by atoms with Gasteiger partial charge in [0.1, 0.15) is 9.96 Å². The van der Waals surface area contributed by atoms with Crippen LogP contribution in [0, 0.1) is 0 Å². The minimum Gasteiger partial charge on any atom is -0.495 e. The second-order valence-corrected chi connectivity index (χ2v) is 7.25. The fraction of sp³-hybridized carbons (Fsp3) is 0.0909. The average Bonchev–Trinajstić information content (AvgIpc) is 2.79.